The first-order chi connectivity index (χ1) is 10.8. The fourth-order valence-corrected chi connectivity index (χ4v) is 2.43. The minimum Gasteiger partial charge on any atom is -0.476 e. The van der Waals surface area contributed by atoms with Gasteiger partial charge in [0.25, 0.3) is 0 Å². The van der Waals surface area contributed by atoms with Gasteiger partial charge >= 0.3 is 6.36 Å². The molecule has 2 N–H and O–H groups in total. The number of rotatable bonds is 2. The van der Waals surface area contributed by atoms with E-state index < -0.39 is 23.5 Å². The van der Waals surface area contributed by atoms with E-state index in [2.05, 4.69) is 14.7 Å². The van der Waals surface area contributed by atoms with Gasteiger partial charge < -0.3 is 15.2 Å². The third kappa shape index (κ3) is 2.91. The number of ether oxygens (including phenoxy) is 2. The van der Waals surface area contributed by atoms with Gasteiger partial charge in [0.2, 0.25) is 5.88 Å². The molecular weight excluding hydrogens is 318 g/mol. The first-order valence-electron chi connectivity index (χ1n) is 6.58. The van der Waals surface area contributed by atoms with Crippen molar-refractivity contribution in [3.8, 4) is 11.6 Å². The molecule has 1 aromatic carbocycles. The second-order valence-electron chi connectivity index (χ2n) is 4.97. The van der Waals surface area contributed by atoms with Crippen LogP contribution in [0, 0.1) is 5.82 Å². The second kappa shape index (κ2) is 5.34. The third-order valence-corrected chi connectivity index (χ3v) is 3.50. The van der Waals surface area contributed by atoms with Crippen molar-refractivity contribution in [2.75, 3.05) is 6.61 Å². The van der Waals surface area contributed by atoms with Gasteiger partial charge in [-0.2, -0.15) is 0 Å². The monoisotopic (exact) mass is 329 g/mol. The van der Waals surface area contributed by atoms with Gasteiger partial charge in [-0.15, -0.1) is 13.2 Å². The maximum absolute atomic E-state index is 13.9. The molecule has 2 aromatic rings. The Bertz CT molecular complexity index is 738. The van der Waals surface area contributed by atoms with Gasteiger partial charge in [0, 0.05) is 18.8 Å². The summed E-state index contributed by atoms with van der Waals surface area (Å²) in [4.78, 5) is 8.11. The topological polar surface area (TPSA) is 70.3 Å². The van der Waals surface area contributed by atoms with Crippen LogP contribution < -0.4 is 15.2 Å². The van der Waals surface area contributed by atoms with Crippen LogP contribution in [0.2, 0.25) is 0 Å². The number of benzene rings is 1. The molecule has 0 radical (unpaired) electrons. The Balaban J connectivity index is 2.01. The maximum atomic E-state index is 13.9. The SMILES string of the molecule is NC1(c2ccc(OC(F)(F)F)c(F)c2)CCOc2nccnc21. The molecule has 1 aliphatic heterocycles. The summed E-state index contributed by atoms with van der Waals surface area (Å²) in [5.74, 6) is -1.87. The number of hydrogen-bond donors (Lipinski definition) is 1. The van der Waals surface area contributed by atoms with Gasteiger partial charge in [0.15, 0.2) is 11.6 Å². The standard InChI is InChI=1S/C14H11F4N3O2/c15-9-7-8(1-2-10(9)23-14(16,17)18)13(19)3-6-22-12-11(13)20-4-5-21-12/h1-2,4-5,7H,3,6,19H2. The smallest absolute Gasteiger partial charge is 0.476 e. The summed E-state index contributed by atoms with van der Waals surface area (Å²) in [7, 11) is 0. The molecule has 1 atom stereocenters. The third-order valence-electron chi connectivity index (χ3n) is 3.50. The van der Waals surface area contributed by atoms with E-state index in [-0.39, 0.29) is 24.5 Å². The van der Waals surface area contributed by atoms with Gasteiger partial charge in [-0.05, 0) is 17.7 Å². The highest BCUT2D eigenvalue weighted by molar-refractivity contribution is 5.42. The highest BCUT2D eigenvalue weighted by atomic mass is 19.4. The number of hydrogen-bond acceptors (Lipinski definition) is 5. The molecule has 0 saturated heterocycles. The average molecular weight is 329 g/mol. The lowest BCUT2D eigenvalue weighted by atomic mass is 9.83. The molecule has 5 nitrogen and oxygen atoms in total. The molecule has 0 bridgehead atoms. The normalized spacial score (nSPS) is 20.6. The summed E-state index contributed by atoms with van der Waals surface area (Å²) >= 11 is 0. The fraction of sp³-hybridized carbons (Fsp3) is 0.286. The Hall–Kier alpha value is -2.42. The van der Waals surface area contributed by atoms with Crippen LogP contribution >= 0.6 is 0 Å². The zero-order valence-electron chi connectivity index (χ0n) is 11.6. The quantitative estimate of drug-likeness (QED) is 0.857. The molecular formula is C14H11F4N3O2. The number of halogens is 4. The molecule has 9 heteroatoms. The molecule has 1 aliphatic rings. The van der Waals surface area contributed by atoms with Crippen molar-refractivity contribution in [2.45, 2.75) is 18.3 Å². The van der Waals surface area contributed by atoms with E-state index in [0.717, 1.165) is 12.1 Å². The van der Waals surface area contributed by atoms with Crippen LogP contribution in [0.3, 0.4) is 0 Å². The Kier molecular flexibility index (Phi) is 3.59. The van der Waals surface area contributed by atoms with Crippen LogP contribution in [0.25, 0.3) is 0 Å². The predicted octanol–water partition coefficient (Wildman–Crippen LogP) is 2.50. The zero-order chi connectivity index (χ0) is 16.7. The lowest BCUT2D eigenvalue weighted by Crippen LogP contribution is -2.43. The van der Waals surface area contributed by atoms with Gasteiger partial charge in [-0.3, -0.25) is 4.98 Å². The molecule has 0 spiro atoms. The molecule has 2 heterocycles. The van der Waals surface area contributed by atoms with Crippen LogP contribution in [-0.4, -0.2) is 22.9 Å². The molecule has 0 amide bonds. The van der Waals surface area contributed by atoms with Crippen molar-refractivity contribution in [1.82, 2.24) is 9.97 Å². The van der Waals surface area contributed by atoms with E-state index in [9.17, 15) is 17.6 Å². The van der Waals surface area contributed by atoms with E-state index in [1.807, 2.05) is 0 Å². The minimum atomic E-state index is -4.97. The Morgan fingerprint density at radius 3 is 2.65 bits per heavy atom. The molecule has 23 heavy (non-hydrogen) atoms. The number of nitrogens with two attached hydrogens (primary N) is 1. The minimum absolute atomic E-state index is 0.220. The lowest BCUT2D eigenvalue weighted by molar-refractivity contribution is -0.275. The number of nitrogens with zero attached hydrogens (tertiary/aromatic N) is 2. The molecule has 0 fully saturated rings. The van der Waals surface area contributed by atoms with E-state index >= 15 is 0 Å². The van der Waals surface area contributed by atoms with Gasteiger partial charge in [-0.1, -0.05) is 6.07 Å². The van der Waals surface area contributed by atoms with Crippen LogP contribution in [-0.2, 0) is 5.54 Å². The van der Waals surface area contributed by atoms with Crippen molar-refractivity contribution >= 4 is 0 Å². The summed E-state index contributed by atoms with van der Waals surface area (Å²) in [6.07, 6.45) is -1.87. The zero-order valence-corrected chi connectivity index (χ0v) is 11.6. The summed E-state index contributed by atoms with van der Waals surface area (Å²) in [5.41, 5.74) is 5.68. The second-order valence-corrected chi connectivity index (χ2v) is 4.97. The van der Waals surface area contributed by atoms with E-state index in [1.165, 1.54) is 18.5 Å². The summed E-state index contributed by atoms with van der Waals surface area (Å²) in [6, 6.07) is 3.07. The molecule has 1 unspecified atom stereocenters. The number of fused-ring (bicyclic) bond motifs is 1. The molecule has 3 rings (SSSR count). The maximum Gasteiger partial charge on any atom is 0.573 e. The fourth-order valence-electron chi connectivity index (χ4n) is 2.43. The van der Waals surface area contributed by atoms with Gasteiger partial charge in [0.05, 0.1) is 12.1 Å². The largest absolute Gasteiger partial charge is 0.573 e. The van der Waals surface area contributed by atoms with Crippen LogP contribution in [0.15, 0.2) is 30.6 Å². The lowest BCUT2D eigenvalue weighted by Gasteiger charge is -2.34. The highest BCUT2D eigenvalue weighted by Crippen LogP contribution is 2.38. The van der Waals surface area contributed by atoms with Gasteiger partial charge in [-0.25, -0.2) is 9.37 Å². The van der Waals surface area contributed by atoms with Crippen molar-refractivity contribution < 1.29 is 27.0 Å². The first-order valence-corrected chi connectivity index (χ1v) is 6.58. The van der Waals surface area contributed by atoms with Crippen molar-refractivity contribution in [3.05, 3.63) is 47.7 Å². The van der Waals surface area contributed by atoms with E-state index in [1.54, 1.807) is 0 Å². The molecule has 1 aromatic heterocycles. The highest BCUT2D eigenvalue weighted by Gasteiger charge is 2.39. The van der Waals surface area contributed by atoms with Crippen molar-refractivity contribution in [1.29, 1.82) is 0 Å². The Morgan fingerprint density at radius 2 is 1.96 bits per heavy atom. The van der Waals surface area contributed by atoms with Gasteiger partial charge in [0.1, 0.15) is 5.69 Å². The summed E-state index contributed by atoms with van der Waals surface area (Å²) in [5, 5.41) is 0. The van der Waals surface area contributed by atoms with Crippen molar-refractivity contribution in [3.63, 3.8) is 0 Å². The molecule has 0 aliphatic carbocycles. The van der Waals surface area contributed by atoms with Crippen LogP contribution in [0.1, 0.15) is 17.7 Å². The van der Waals surface area contributed by atoms with E-state index in [0.29, 0.717) is 5.69 Å². The molecule has 0 saturated carbocycles. The average Bonchev–Trinajstić information content (AvgIpc) is 2.48. The first kappa shape index (κ1) is 15.5. The van der Waals surface area contributed by atoms with Crippen LogP contribution in [0.5, 0.6) is 11.6 Å². The van der Waals surface area contributed by atoms with Crippen molar-refractivity contribution in [2.24, 2.45) is 5.73 Å². The Labute approximate surface area is 128 Å². The number of aromatic nitrogens is 2. The Morgan fingerprint density at radius 1 is 1.22 bits per heavy atom. The number of alkyl halides is 3. The van der Waals surface area contributed by atoms with E-state index in [4.69, 9.17) is 10.5 Å². The molecule has 122 valence electrons. The summed E-state index contributed by atoms with van der Waals surface area (Å²) in [6.45, 7) is 0.227. The van der Waals surface area contributed by atoms with Crippen LogP contribution in [0.4, 0.5) is 17.6 Å². The summed E-state index contributed by atoms with van der Waals surface area (Å²) < 4.78 is 59.5. The predicted molar refractivity (Wildman–Crippen MR) is 70.2 cm³/mol.